The molecular formula is C12H22O. The van der Waals surface area contributed by atoms with Crippen molar-refractivity contribution >= 4 is 5.78 Å². The van der Waals surface area contributed by atoms with Crippen LogP contribution in [0.15, 0.2) is 12.7 Å². The molecule has 0 aromatic rings. The highest BCUT2D eigenvalue weighted by Crippen LogP contribution is 2.22. The number of hydrogen-bond acceptors (Lipinski definition) is 1. The van der Waals surface area contributed by atoms with Crippen molar-refractivity contribution in [3.8, 4) is 0 Å². The Morgan fingerprint density at radius 2 is 2.08 bits per heavy atom. The van der Waals surface area contributed by atoms with Gasteiger partial charge in [0.1, 0.15) is 5.78 Å². The van der Waals surface area contributed by atoms with Crippen LogP contribution in [0.4, 0.5) is 0 Å². The Labute approximate surface area is 82.2 Å². The van der Waals surface area contributed by atoms with Gasteiger partial charge in [0, 0.05) is 6.42 Å². The summed E-state index contributed by atoms with van der Waals surface area (Å²) in [6.45, 7) is 9.77. The molecule has 0 aliphatic heterocycles. The molecule has 1 atom stereocenters. The first kappa shape index (κ1) is 12.4. The van der Waals surface area contributed by atoms with Crippen molar-refractivity contribution in [2.75, 3.05) is 0 Å². The average molecular weight is 182 g/mol. The van der Waals surface area contributed by atoms with Gasteiger partial charge in [-0.25, -0.2) is 0 Å². The van der Waals surface area contributed by atoms with Gasteiger partial charge >= 0.3 is 0 Å². The highest BCUT2D eigenvalue weighted by Gasteiger charge is 2.14. The summed E-state index contributed by atoms with van der Waals surface area (Å²) >= 11 is 0. The number of Topliss-reactive ketones (excluding diaryl/α,β-unsaturated/α-hetero) is 1. The van der Waals surface area contributed by atoms with Crippen LogP contribution in [-0.2, 0) is 4.79 Å². The molecule has 76 valence electrons. The molecule has 0 aliphatic carbocycles. The van der Waals surface area contributed by atoms with Crippen LogP contribution in [0.3, 0.4) is 0 Å². The summed E-state index contributed by atoms with van der Waals surface area (Å²) in [6, 6.07) is 0. The molecule has 0 bridgehead atoms. The van der Waals surface area contributed by atoms with Crippen molar-refractivity contribution in [3.05, 3.63) is 12.7 Å². The zero-order valence-corrected chi connectivity index (χ0v) is 9.18. The summed E-state index contributed by atoms with van der Waals surface area (Å²) in [4.78, 5) is 11.0. The third-order valence-electron chi connectivity index (χ3n) is 2.48. The number of ketones is 1. The van der Waals surface area contributed by atoms with Crippen molar-refractivity contribution < 1.29 is 4.79 Å². The van der Waals surface area contributed by atoms with Crippen LogP contribution in [0.2, 0.25) is 0 Å². The number of rotatable bonds is 7. The molecule has 0 aromatic heterocycles. The lowest BCUT2D eigenvalue weighted by Gasteiger charge is -2.18. The molecule has 0 aromatic carbocycles. The summed E-state index contributed by atoms with van der Waals surface area (Å²) in [5.41, 5.74) is 0. The van der Waals surface area contributed by atoms with Gasteiger partial charge < -0.3 is 4.79 Å². The van der Waals surface area contributed by atoms with E-state index in [2.05, 4.69) is 20.4 Å². The predicted octanol–water partition coefficient (Wildman–Crippen LogP) is 3.59. The van der Waals surface area contributed by atoms with Crippen LogP contribution in [0.25, 0.3) is 0 Å². The summed E-state index contributed by atoms with van der Waals surface area (Å²) in [6.07, 6.45) is 6.09. The molecule has 0 N–H and O–H groups in total. The van der Waals surface area contributed by atoms with Gasteiger partial charge in [-0.2, -0.15) is 0 Å². The normalized spacial score (nSPS) is 12.9. The fourth-order valence-electron chi connectivity index (χ4n) is 1.56. The number of hydrogen-bond donors (Lipinski definition) is 0. The Morgan fingerprint density at radius 1 is 1.46 bits per heavy atom. The number of carbonyl (C=O) groups excluding carboxylic acids is 1. The standard InChI is InChI=1S/C12H22O/c1-5-6-7-8-12(10(2)3)9-11(4)13/h5,10,12H,1,6-9H2,2-4H3. The van der Waals surface area contributed by atoms with Crippen molar-refractivity contribution in [3.63, 3.8) is 0 Å². The maximum absolute atomic E-state index is 11.0. The van der Waals surface area contributed by atoms with Gasteiger partial charge in [0.15, 0.2) is 0 Å². The predicted molar refractivity (Wildman–Crippen MR) is 57.7 cm³/mol. The Balaban J connectivity index is 3.80. The van der Waals surface area contributed by atoms with E-state index in [0.717, 1.165) is 19.3 Å². The highest BCUT2D eigenvalue weighted by molar-refractivity contribution is 5.75. The van der Waals surface area contributed by atoms with Crippen molar-refractivity contribution in [2.45, 2.75) is 46.5 Å². The maximum atomic E-state index is 11.0. The Hall–Kier alpha value is -0.590. The quantitative estimate of drug-likeness (QED) is 0.434. The summed E-state index contributed by atoms with van der Waals surface area (Å²) in [5.74, 6) is 1.50. The molecule has 0 spiro atoms. The monoisotopic (exact) mass is 182 g/mol. The third kappa shape index (κ3) is 6.56. The van der Waals surface area contributed by atoms with Crippen molar-refractivity contribution in [1.82, 2.24) is 0 Å². The first-order valence-corrected chi connectivity index (χ1v) is 5.18. The van der Waals surface area contributed by atoms with E-state index in [1.54, 1.807) is 6.92 Å². The molecule has 0 aliphatic rings. The van der Waals surface area contributed by atoms with E-state index in [0.29, 0.717) is 17.6 Å². The van der Waals surface area contributed by atoms with Crippen molar-refractivity contribution in [1.29, 1.82) is 0 Å². The van der Waals surface area contributed by atoms with E-state index in [4.69, 9.17) is 0 Å². The zero-order valence-electron chi connectivity index (χ0n) is 9.18. The second kappa shape index (κ2) is 6.88. The first-order valence-electron chi connectivity index (χ1n) is 5.18. The summed E-state index contributed by atoms with van der Waals surface area (Å²) in [5, 5.41) is 0. The summed E-state index contributed by atoms with van der Waals surface area (Å²) < 4.78 is 0. The van der Waals surface area contributed by atoms with Crippen LogP contribution < -0.4 is 0 Å². The minimum atomic E-state index is 0.317. The molecule has 1 nitrogen and oxygen atoms in total. The molecule has 1 heteroatoms. The zero-order chi connectivity index (χ0) is 10.3. The smallest absolute Gasteiger partial charge is 0.130 e. The van der Waals surface area contributed by atoms with Crippen LogP contribution in [0, 0.1) is 11.8 Å². The minimum Gasteiger partial charge on any atom is -0.300 e. The molecular weight excluding hydrogens is 160 g/mol. The average Bonchev–Trinajstić information content (AvgIpc) is 2.02. The fraction of sp³-hybridized carbons (Fsp3) is 0.750. The first-order chi connectivity index (χ1) is 6.07. The number of carbonyl (C=O) groups is 1. The minimum absolute atomic E-state index is 0.317. The second-order valence-electron chi connectivity index (χ2n) is 4.13. The van der Waals surface area contributed by atoms with E-state index in [9.17, 15) is 4.79 Å². The van der Waals surface area contributed by atoms with E-state index >= 15 is 0 Å². The van der Waals surface area contributed by atoms with Crippen LogP contribution in [0.1, 0.15) is 46.5 Å². The lowest BCUT2D eigenvalue weighted by Crippen LogP contribution is -2.12. The molecule has 13 heavy (non-hydrogen) atoms. The van der Waals surface area contributed by atoms with Crippen LogP contribution in [-0.4, -0.2) is 5.78 Å². The third-order valence-corrected chi connectivity index (χ3v) is 2.48. The molecule has 1 unspecified atom stereocenters. The van der Waals surface area contributed by atoms with Crippen LogP contribution >= 0.6 is 0 Å². The molecule has 0 saturated heterocycles. The van der Waals surface area contributed by atoms with E-state index in [1.165, 1.54) is 6.42 Å². The summed E-state index contributed by atoms with van der Waals surface area (Å²) in [7, 11) is 0. The molecule has 0 radical (unpaired) electrons. The Bertz CT molecular complexity index is 159. The molecule has 0 saturated carbocycles. The molecule has 0 rings (SSSR count). The molecule has 0 amide bonds. The molecule has 0 fully saturated rings. The second-order valence-corrected chi connectivity index (χ2v) is 4.13. The van der Waals surface area contributed by atoms with Gasteiger partial charge in [0.25, 0.3) is 0 Å². The van der Waals surface area contributed by atoms with Gasteiger partial charge in [0.2, 0.25) is 0 Å². The van der Waals surface area contributed by atoms with E-state index in [1.807, 2.05) is 6.08 Å². The van der Waals surface area contributed by atoms with Crippen molar-refractivity contribution in [2.24, 2.45) is 11.8 Å². The lowest BCUT2D eigenvalue weighted by molar-refractivity contribution is -0.118. The Morgan fingerprint density at radius 3 is 2.46 bits per heavy atom. The van der Waals surface area contributed by atoms with E-state index in [-0.39, 0.29) is 0 Å². The fourth-order valence-corrected chi connectivity index (χ4v) is 1.56. The Kier molecular flexibility index (Phi) is 6.56. The van der Waals surface area contributed by atoms with Gasteiger partial charge in [-0.3, -0.25) is 0 Å². The van der Waals surface area contributed by atoms with Gasteiger partial charge in [0.05, 0.1) is 0 Å². The van der Waals surface area contributed by atoms with Gasteiger partial charge in [-0.1, -0.05) is 19.9 Å². The molecule has 0 heterocycles. The topological polar surface area (TPSA) is 17.1 Å². The van der Waals surface area contributed by atoms with Gasteiger partial charge in [-0.05, 0) is 38.0 Å². The highest BCUT2D eigenvalue weighted by atomic mass is 16.1. The lowest BCUT2D eigenvalue weighted by atomic mass is 9.86. The number of unbranched alkanes of at least 4 members (excludes halogenated alkanes) is 1. The SMILES string of the molecule is C=CCCCC(CC(C)=O)C(C)C. The van der Waals surface area contributed by atoms with E-state index < -0.39 is 0 Å². The maximum Gasteiger partial charge on any atom is 0.130 e. The van der Waals surface area contributed by atoms with Crippen LogP contribution in [0.5, 0.6) is 0 Å². The number of allylic oxidation sites excluding steroid dienone is 1. The largest absolute Gasteiger partial charge is 0.300 e. The van der Waals surface area contributed by atoms with Gasteiger partial charge in [-0.15, -0.1) is 6.58 Å².